The van der Waals surface area contributed by atoms with E-state index in [0.717, 1.165) is 42.4 Å². The van der Waals surface area contributed by atoms with E-state index in [0.29, 0.717) is 5.92 Å². The predicted octanol–water partition coefficient (Wildman–Crippen LogP) is 3.34. The molecule has 1 aromatic rings. The molecule has 1 saturated heterocycles. The van der Waals surface area contributed by atoms with Gasteiger partial charge in [0.25, 0.3) is 0 Å². The molecule has 122 valence electrons. The van der Waals surface area contributed by atoms with E-state index in [1.54, 1.807) is 24.5 Å². The number of methoxy groups -OCH3 is 1. The molecule has 1 fully saturated rings. The Morgan fingerprint density at radius 2 is 2.14 bits per heavy atom. The lowest BCUT2D eigenvalue weighted by Gasteiger charge is -2.30. The minimum atomic E-state index is 0.0595. The molecular weight excluding hydrogens is 296 g/mol. The first-order chi connectivity index (χ1) is 10.4. The number of nitrogens with zero attached hydrogens (tertiary/aromatic N) is 2. The number of hydrogen-bond acceptors (Lipinski definition) is 4. The highest BCUT2D eigenvalue weighted by Crippen LogP contribution is 2.27. The average Bonchev–Trinajstić information content (AvgIpc) is 2.95. The number of carbonyl (C=O) groups is 1. The number of thiazole rings is 1. The number of rotatable bonds is 4. The zero-order chi connectivity index (χ0) is 16.2. The fraction of sp³-hybridized carbons (Fsp3) is 0.647. The number of piperidine rings is 1. The van der Waals surface area contributed by atoms with Gasteiger partial charge in [0.05, 0.1) is 5.01 Å². The normalized spacial score (nSPS) is 17.4. The lowest BCUT2D eigenvalue weighted by Crippen LogP contribution is -2.38. The summed E-state index contributed by atoms with van der Waals surface area (Å²) in [5, 5.41) is 1.10. The van der Waals surface area contributed by atoms with Gasteiger partial charge in [-0.1, -0.05) is 20.8 Å². The van der Waals surface area contributed by atoms with Crippen LogP contribution in [-0.2, 0) is 14.9 Å². The highest BCUT2D eigenvalue weighted by Gasteiger charge is 2.21. The van der Waals surface area contributed by atoms with E-state index in [4.69, 9.17) is 4.74 Å². The number of carbonyl (C=O) groups excluding carboxylic acids is 1. The SMILES string of the molecule is COCC1CCN(C(=O)/C=C\c2cnc(C(C)(C)C)s2)CC1. The van der Waals surface area contributed by atoms with Crippen LogP contribution in [-0.4, -0.2) is 42.6 Å². The number of ether oxygens (including phenoxy) is 1. The van der Waals surface area contributed by atoms with Crippen LogP contribution in [0.15, 0.2) is 12.3 Å². The van der Waals surface area contributed by atoms with Gasteiger partial charge in [-0.25, -0.2) is 4.98 Å². The van der Waals surface area contributed by atoms with Crippen LogP contribution in [0.1, 0.15) is 43.5 Å². The Balaban J connectivity index is 1.88. The number of amides is 1. The molecular formula is C17H26N2O2S. The highest BCUT2D eigenvalue weighted by molar-refractivity contribution is 7.12. The summed E-state index contributed by atoms with van der Waals surface area (Å²) in [6, 6.07) is 0. The van der Waals surface area contributed by atoms with E-state index in [-0.39, 0.29) is 11.3 Å². The van der Waals surface area contributed by atoms with E-state index in [1.807, 2.05) is 17.2 Å². The van der Waals surface area contributed by atoms with Gasteiger partial charge in [0, 0.05) is 49.4 Å². The van der Waals surface area contributed by atoms with Crippen LogP contribution in [0.3, 0.4) is 0 Å². The van der Waals surface area contributed by atoms with E-state index in [2.05, 4.69) is 25.8 Å². The molecule has 1 aromatic heterocycles. The van der Waals surface area contributed by atoms with Crippen molar-refractivity contribution >= 4 is 23.3 Å². The third-order valence-corrected chi connectivity index (χ3v) is 5.27. The third kappa shape index (κ3) is 4.65. The molecule has 4 nitrogen and oxygen atoms in total. The molecule has 0 atom stereocenters. The zero-order valence-electron chi connectivity index (χ0n) is 14.0. The van der Waals surface area contributed by atoms with Crippen molar-refractivity contribution in [2.24, 2.45) is 5.92 Å². The Kier molecular flexibility index (Phi) is 5.75. The molecule has 1 aliphatic heterocycles. The van der Waals surface area contributed by atoms with Crippen LogP contribution >= 0.6 is 11.3 Å². The van der Waals surface area contributed by atoms with Gasteiger partial charge < -0.3 is 9.64 Å². The fourth-order valence-corrected chi connectivity index (χ4v) is 3.40. The number of hydrogen-bond donors (Lipinski definition) is 0. The van der Waals surface area contributed by atoms with Gasteiger partial charge in [-0.05, 0) is 24.8 Å². The van der Waals surface area contributed by atoms with Crippen molar-refractivity contribution in [1.82, 2.24) is 9.88 Å². The summed E-state index contributed by atoms with van der Waals surface area (Å²) in [7, 11) is 1.74. The molecule has 0 aromatic carbocycles. The minimum absolute atomic E-state index is 0.0595. The second-order valence-corrected chi connectivity index (χ2v) is 7.94. The van der Waals surface area contributed by atoms with Crippen molar-refractivity contribution in [3.05, 3.63) is 22.2 Å². The largest absolute Gasteiger partial charge is 0.384 e. The summed E-state index contributed by atoms with van der Waals surface area (Å²) >= 11 is 1.65. The first kappa shape index (κ1) is 17.2. The molecule has 0 radical (unpaired) electrons. The fourth-order valence-electron chi connectivity index (χ4n) is 2.52. The van der Waals surface area contributed by atoms with Crippen molar-refractivity contribution in [3.8, 4) is 0 Å². The molecule has 2 rings (SSSR count). The minimum Gasteiger partial charge on any atom is -0.384 e. The summed E-state index contributed by atoms with van der Waals surface area (Å²) in [5.74, 6) is 0.690. The molecule has 1 aliphatic rings. The quantitative estimate of drug-likeness (QED) is 0.799. The van der Waals surface area contributed by atoms with Crippen molar-refractivity contribution in [2.75, 3.05) is 26.8 Å². The average molecular weight is 322 g/mol. The molecule has 1 amide bonds. The maximum absolute atomic E-state index is 12.2. The van der Waals surface area contributed by atoms with E-state index in [9.17, 15) is 4.79 Å². The molecule has 0 bridgehead atoms. The second kappa shape index (κ2) is 7.38. The summed E-state index contributed by atoms with van der Waals surface area (Å²) in [4.78, 5) is 19.6. The summed E-state index contributed by atoms with van der Waals surface area (Å²) in [6.45, 7) is 8.90. The first-order valence-electron chi connectivity index (χ1n) is 7.82. The standard InChI is InChI=1S/C17H26N2O2S/c1-17(2,3)16-18-11-14(22-16)5-6-15(20)19-9-7-13(8-10-19)12-21-4/h5-6,11,13H,7-10,12H2,1-4H3/b6-5-. The second-order valence-electron chi connectivity index (χ2n) is 6.88. The molecule has 0 spiro atoms. The van der Waals surface area contributed by atoms with Crippen LogP contribution in [0, 0.1) is 5.92 Å². The van der Waals surface area contributed by atoms with Gasteiger partial charge in [-0.15, -0.1) is 11.3 Å². The number of aromatic nitrogens is 1. The van der Waals surface area contributed by atoms with Crippen LogP contribution < -0.4 is 0 Å². The monoisotopic (exact) mass is 322 g/mol. The predicted molar refractivity (Wildman–Crippen MR) is 91.0 cm³/mol. The van der Waals surface area contributed by atoms with Crippen LogP contribution in [0.4, 0.5) is 0 Å². The molecule has 0 saturated carbocycles. The van der Waals surface area contributed by atoms with Crippen molar-refractivity contribution in [2.45, 2.75) is 39.0 Å². The van der Waals surface area contributed by atoms with Gasteiger partial charge in [0.15, 0.2) is 0 Å². The summed E-state index contributed by atoms with van der Waals surface area (Å²) in [6.07, 6.45) is 7.47. The van der Waals surface area contributed by atoms with Crippen molar-refractivity contribution < 1.29 is 9.53 Å². The molecule has 0 N–H and O–H groups in total. The van der Waals surface area contributed by atoms with Gasteiger partial charge in [-0.3, -0.25) is 4.79 Å². The Morgan fingerprint density at radius 1 is 1.45 bits per heavy atom. The highest BCUT2D eigenvalue weighted by atomic mass is 32.1. The van der Waals surface area contributed by atoms with Gasteiger partial charge in [0.1, 0.15) is 0 Å². The summed E-state index contributed by atoms with van der Waals surface area (Å²) in [5.41, 5.74) is 0.0595. The van der Waals surface area contributed by atoms with Crippen LogP contribution in [0.5, 0.6) is 0 Å². The van der Waals surface area contributed by atoms with E-state index >= 15 is 0 Å². The Bertz CT molecular complexity index is 523. The lowest BCUT2D eigenvalue weighted by molar-refractivity contribution is -0.127. The van der Waals surface area contributed by atoms with Crippen molar-refractivity contribution in [1.29, 1.82) is 0 Å². The lowest BCUT2D eigenvalue weighted by atomic mass is 9.98. The molecule has 5 heteroatoms. The van der Waals surface area contributed by atoms with E-state index < -0.39 is 0 Å². The van der Waals surface area contributed by atoms with Gasteiger partial charge >= 0.3 is 0 Å². The Labute approximate surface area is 137 Å². The van der Waals surface area contributed by atoms with Gasteiger partial charge in [-0.2, -0.15) is 0 Å². The Hall–Kier alpha value is -1.20. The van der Waals surface area contributed by atoms with Crippen LogP contribution in [0.25, 0.3) is 6.08 Å². The summed E-state index contributed by atoms with van der Waals surface area (Å²) < 4.78 is 5.19. The molecule has 0 unspecified atom stereocenters. The Morgan fingerprint density at radius 3 is 2.68 bits per heavy atom. The number of likely N-dealkylation sites (tertiary alicyclic amines) is 1. The van der Waals surface area contributed by atoms with E-state index in [1.165, 1.54) is 0 Å². The maximum Gasteiger partial charge on any atom is 0.246 e. The maximum atomic E-state index is 12.2. The smallest absolute Gasteiger partial charge is 0.246 e. The topological polar surface area (TPSA) is 42.4 Å². The molecule has 0 aliphatic carbocycles. The zero-order valence-corrected chi connectivity index (χ0v) is 14.8. The van der Waals surface area contributed by atoms with Gasteiger partial charge in [0.2, 0.25) is 5.91 Å². The van der Waals surface area contributed by atoms with Crippen LogP contribution in [0.2, 0.25) is 0 Å². The molecule has 22 heavy (non-hydrogen) atoms. The first-order valence-corrected chi connectivity index (χ1v) is 8.64. The third-order valence-electron chi connectivity index (χ3n) is 3.88. The van der Waals surface area contributed by atoms with Crippen molar-refractivity contribution in [3.63, 3.8) is 0 Å². The molecule has 2 heterocycles.